The van der Waals surface area contributed by atoms with Crippen molar-refractivity contribution in [1.82, 2.24) is 0 Å². The van der Waals surface area contributed by atoms with Crippen molar-refractivity contribution in [1.29, 1.82) is 5.26 Å². The maximum absolute atomic E-state index is 12.0. The van der Waals surface area contributed by atoms with Crippen LogP contribution in [0.5, 0.6) is 0 Å². The number of anilines is 1. The Morgan fingerprint density at radius 1 is 0.840 bits per heavy atom. The fraction of sp³-hybridized carbons (Fsp3) is 0.238. The number of rotatable bonds is 8. The molecule has 8 heteroatoms. The first-order valence-electron chi connectivity index (χ1n) is 16.7. The average molecular weight is 728 g/mol. The predicted octanol–water partition coefficient (Wildman–Crippen LogP) is 9.37. The van der Waals surface area contributed by atoms with Crippen molar-refractivity contribution >= 4 is 77.3 Å². The number of carboxylic acids is 2. The van der Waals surface area contributed by atoms with Gasteiger partial charge in [0, 0.05) is 39.2 Å². The molecule has 0 radical (unpaired) electrons. The highest BCUT2D eigenvalue weighted by Crippen LogP contribution is 2.52. The summed E-state index contributed by atoms with van der Waals surface area (Å²) in [5.41, 5.74) is 5.02. The lowest BCUT2D eigenvalue weighted by atomic mass is 9.77. The maximum atomic E-state index is 12.0. The average Bonchev–Trinajstić information content (AvgIpc) is 3.44. The van der Waals surface area contributed by atoms with Gasteiger partial charge >= 0.3 is 11.9 Å². The van der Waals surface area contributed by atoms with Gasteiger partial charge in [-0.05, 0) is 65.2 Å². The van der Waals surface area contributed by atoms with Gasteiger partial charge in [0.1, 0.15) is 6.42 Å². The molecule has 0 aliphatic carbocycles. The Morgan fingerprint density at radius 2 is 1.52 bits per heavy atom. The van der Waals surface area contributed by atoms with E-state index in [1.807, 2.05) is 42.5 Å². The van der Waals surface area contributed by atoms with Crippen molar-refractivity contribution in [3.63, 3.8) is 0 Å². The second kappa shape index (κ2) is 12.3. The highest BCUT2D eigenvalue weighted by molar-refractivity contribution is 9.10. The molecule has 0 saturated carbocycles. The van der Waals surface area contributed by atoms with Gasteiger partial charge in [0.05, 0.1) is 34.6 Å². The second-order valence-corrected chi connectivity index (χ2v) is 15.0. The summed E-state index contributed by atoms with van der Waals surface area (Å²) in [5, 5.41) is 36.7. The molecule has 0 fully saturated rings. The van der Waals surface area contributed by atoms with Crippen molar-refractivity contribution in [2.24, 2.45) is 0 Å². The van der Waals surface area contributed by atoms with Crippen LogP contribution in [-0.2, 0) is 20.4 Å². The molecule has 0 bridgehead atoms. The number of nitrogens with zero attached hydrogens (tertiary/aromatic N) is 3. The molecular formula is C42H37BrN3O4+. The molecule has 7 nitrogen and oxygen atoms in total. The topological polar surface area (TPSA) is 105 Å². The smallest absolute Gasteiger partial charge is 0.309 e. The standard InChI is InChI=1S/C42H36BrN3O4/c1-41(2)33-16-13-26-9-5-6-10-28(26)39(33)45(19-17-36(47)48)34(41)21-25(24-44)22-35-42(3,4)38-30-12-8-7-11-29(30)32-23-27(43)14-15-31(32)40(38)46(35)20-18-37(49)50/h5-16,21-23H,17-20H2,1-4H3,(H-,47,48,49,50)/p+1. The number of allylic oxidation sites excluding steroid dienone is 4. The molecule has 2 N–H and O–H groups in total. The van der Waals surface area contributed by atoms with Gasteiger partial charge in [-0.3, -0.25) is 9.59 Å². The summed E-state index contributed by atoms with van der Waals surface area (Å²) in [5.74, 6) is -1.80. The van der Waals surface area contributed by atoms with Gasteiger partial charge < -0.3 is 15.1 Å². The van der Waals surface area contributed by atoms with E-state index >= 15 is 0 Å². The Hall–Kier alpha value is -5.26. The van der Waals surface area contributed by atoms with E-state index in [9.17, 15) is 25.1 Å². The van der Waals surface area contributed by atoms with E-state index < -0.39 is 22.8 Å². The van der Waals surface area contributed by atoms with Crippen LogP contribution in [0, 0.1) is 11.3 Å². The lowest BCUT2D eigenvalue weighted by Gasteiger charge is -2.27. The lowest BCUT2D eigenvalue weighted by molar-refractivity contribution is -0.435. The third-order valence-corrected chi connectivity index (χ3v) is 10.9. The second-order valence-electron chi connectivity index (χ2n) is 14.1. The molecule has 2 heterocycles. The summed E-state index contributed by atoms with van der Waals surface area (Å²) in [7, 11) is 0. The molecule has 0 amide bonds. The molecule has 0 saturated heterocycles. The number of carboxylic acid groups (broad SMARTS) is 2. The largest absolute Gasteiger partial charge is 0.481 e. The zero-order valence-electron chi connectivity index (χ0n) is 28.4. The van der Waals surface area contributed by atoms with Crippen LogP contribution in [0.4, 0.5) is 11.4 Å². The Balaban J connectivity index is 1.48. The van der Waals surface area contributed by atoms with Crippen LogP contribution in [0.3, 0.4) is 0 Å². The molecule has 0 aromatic heterocycles. The van der Waals surface area contributed by atoms with E-state index in [-0.39, 0.29) is 25.9 Å². The number of fused-ring (bicyclic) bond motifs is 9. The summed E-state index contributed by atoms with van der Waals surface area (Å²) < 4.78 is 3.04. The van der Waals surface area contributed by atoms with Crippen molar-refractivity contribution < 1.29 is 24.4 Å². The summed E-state index contributed by atoms with van der Waals surface area (Å²) >= 11 is 3.65. The van der Waals surface area contributed by atoms with Gasteiger partial charge in [0.2, 0.25) is 5.69 Å². The SMILES string of the molecule is CC1(C)C(/C=C(C#N)/C=C2/N(CCC(=O)O)c3c(ccc4ccccc34)C2(C)C)=[N+](CCC(=O)O)c2c1c1ccccc1c1cc(Br)ccc21. The predicted molar refractivity (Wildman–Crippen MR) is 203 cm³/mol. The molecule has 2 aliphatic heterocycles. The first kappa shape index (κ1) is 33.2. The van der Waals surface area contributed by atoms with E-state index in [1.165, 1.54) is 0 Å². The van der Waals surface area contributed by atoms with Gasteiger partial charge in [-0.15, -0.1) is 0 Å². The van der Waals surface area contributed by atoms with Gasteiger partial charge in [-0.1, -0.05) is 90.4 Å². The third kappa shape index (κ3) is 5.28. The van der Waals surface area contributed by atoms with Crippen LogP contribution >= 0.6 is 15.9 Å². The number of hydrogen-bond acceptors (Lipinski definition) is 4. The van der Waals surface area contributed by atoms with Gasteiger partial charge in [0.25, 0.3) is 0 Å². The molecular weight excluding hydrogens is 690 g/mol. The van der Waals surface area contributed by atoms with E-state index in [2.05, 4.69) is 108 Å². The third-order valence-electron chi connectivity index (χ3n) is 10.4. The van der Waals surface area contributed by atoms with Crippen molar-refractivity contribution in [2.45, 2.75) is 51.4 Å². The number of hydrogen-bond donors (Lipinski definition) is 2. The molecule has 0 spiro atoms. The Morgan fingerprint density at radius 3 is 2.22 bits per heavy atom. The minimum Gasteiger partial charge on any atom is -0.481 e. The Kier molecular flexibility index (Phi) is 8.15. The van der Waals surface area contributed by atoms with Crippen LogP contribution < -0.4 is 4.90 Å². The molecule has 7 rings (SSSR count). The lowest BCUT2D eigenvalue weighted by Crippen LogP contribution is -2.30. The zero-order chi connectivity index (χ0) is 35.5. The molecule has 50 heavy (non-hydrogen) atoms. The molecule has 2 aliphatic rings. The zero-order valence-corrected chi connectivity index (χ0v) is 30.0. The quantitative estimate of drug-likeness (QED) is 0.0938. The van der Waals surface area contributed by atoms with Gasteiger partial charge in [-0.2, -0.15) is 9.84 Å². The molecule has 0 unspecified atom stereocenters. The van der Waals surface area contributed by atoms with E-state index in [0.717, 1.165) is 70.7 Å². The highest BCUT2D eigenvalue weighted by atomic mass is 79.9. The summed E-state index contributed by atoms with van der Waals surface area (Å²) in [6.45, 7) is 8.97. The number of aliphatic carboxylic acids is 2. The van der Waals surface area contributed by atoms with Crippen LogP contribution in [0.1, 0.15) is 51.7 Å². The first-order valence-corrected chi connectivity index (χ1v) is 17.5. The summed E-state index contributed by atoms with van der Waals surface area (Å²) in [6.07, 6.45) is 3.64. The highest BCUT2D eigenvalue weighted by Gasteiger charge is 2.48. The van der Waals surface area contributed by atoms with Crippen LogP contribution in [0.2, 0.25) is 0 Å². The van der Waals surface area contributed by atoms with E-state index in [1.54, 1.807) is 0 Å². The Labute approximate surface area is 299 Å². The molecule has 0 atom stereocenters. The fourth-order valence-electron chi connectivity index (χ4n) is 8.09. The van der Waals surface area contributed by atoms with E-state index in [4.69, 9.17) is 0 Å². The summed E-state index contributed by atoms with van der Waals surface area (Å²) in [4.78, 5) is 26.0. The van der Waals surface area contributed by atoms with Gasteiger partial charge in [0.15, 0.2) is 12.3 Å². The summed E-state index contributed by atoms with van der Waals surface area (Å²) in [6, 6.07) is 29.2. The monoisotopic (exact) mass is 726 g/mol. The van der Waals surface area contributed by atoms with Crippen LogP contribution in [0.15, 0.2) is 107 Å². The number of carbonyl (C=O) groups is 2. The van der Waals surface area contributed by atoms with Gasteiger partial charge in [-0.25, -0.2) is 0 Å². The van der Waals surface area contributed by atoms with Crippen molar-refractivity contribution in [2.75, 3.05) is 18.0 Å². The number of benzene rings is 5. The number of halogens is 1. The molecule has 250 valence electrons. The molecule has 5 aromatic carbocycles. The van der Waals surface area contributed by atoms with Crippen LogP contribution in [0.25, 0.3) is 32.3 Å². The minimum absolute atomic E-state index is 0.0688. The Bertz CT molecular complexity index is 2430. The van der Waals surface area contributed by atoms with Crippen molar-refractivity contribution in [3.8, 4) is 6.07 Å². The van der Waals surface area contributed by atoms with E-state index in [0.29, 0.717) is 5.57 Å². The fourth-order valence-corrected chi connectivity index (χ4v) is 8.45. The first-order chi connectivity index (χ1) is 23.8. The number of nitriles is 1. The maximum Gasteiger partial charge on any atom is 0.309 e. The molecule has 5 aromatic rings. The normalized spacial score (nSPS) is 17.1. The van der Waals surface area contributed by atoms with Crippen LogP contribution in [-0.4, -0.2) is 45.5 Å². The minimum atomic E-state index is -0.901. The van der Waals surface area contributed by atoms with Crippen molar-refractivity contribution in [3.05, 3.63) is 118 Å².